The molecule has 0 aliphatic carbocycles. The fraction of sp³-hybridized carbons (Fsp3) is 0.562. The highest BCUT2D eigenvalue weighted by molar-refractivity contribution is 7.86. The Morgan fingerprint density at radius 2 is 1.73 bits per heavy atom. The van der Waals surface area contributed by atoms with Gasteiger partial charge in [0.2, 0.25) is 0 Å². The fourth-order valence-corrected chi connectivity index (χ4v) is 3.62. The maximum absolute atomic E-state index is 11.6. The molecule has 3 rings (SSSR count). The van der Waals surface area contributed by atoms with Crippen LogP contribution in [0.5, 0.6) is 11.5 Å². The van der Waals surface area contributed by atoms with Crippen LogP contribution < -0.4 is 9.47 Å². The van der Waals surface area contributed by atoms with Crippen molar-refractivity contribution in [3.05, 3.63) is 23.8 Å². The summed E-state index contributed by atoms with van der Waals surface area (Å²) in [6.07, 6.45) is -1.18. The van der Waals surface area contributed by atoms with Gasteiger partial charge in [0, 0.05) is 0 Å². The Bertz CT molecular complexity index is 776. The largest absolute Gasteiger partial charge is 0.493 e. The van der Waals surface area contributed by atoms with Gasteiger partial charge in [-0.3, -0.25) is 4.18 Å². The van der Waals surface area contributed by atoms with Crippen molar-refractivity contribution in [3.63, 3.8) is 0 Å². The van der Waals surface area contributed by atoms with Gasteiger partial charge in [-0.2, -0.15) is 8.42 Å². The molecule has 2 fully saturated rings. The second-order valence-corrected chi connectivity index (χ2v) is 7.55. The predicted octanol–water partition coefficient (Wildman–Crippen LogP) is 0.372. The molecular weight excluding hydrogens is 368 g/mol. The van der Waals surface area contributed by atoms with Crippen LogP contribution in [-0.4, -0.2) is 72.5 Å². The molecule has 0 saturated carbocycles. The molecule has 9 nitrogen and oxygen atoms in total. The first-order chi connectivity index (χ1) is 12.3. The van der Waals surface area contributed by atoms with Crippen LogP contribution in [0, 0.1) is 0 Å². The van der Waals surface area contributed by atoms with Gasteiger partial charge in [0.25, 0.3) is 10.1 Å². The number of hydrogen-bond acceptors (Lipinski definition) is 9. The summed E-state index contributed by atoms with van der Waals surface area (Å²) in [6.45, 7) is 0.307. The highest BCUT2D eigenvalue weighted by atomic mass is 32.2. The highest BCUT2D eigenvalue weighted by Gasteiger charge is 2.50. The van der Waals surface area contributed by atoms with Crippen LogP contribution in [0.15, 0.2) is 18.2 Å². The van der Waals surface area contributed by atoms with Crippen LogP contribution in [0.3, 0.4) is 0 Å². The average molecular weight is 388 g/mol. The van der Waals surface area contributed by atoms with Gasteiger partial charge in [0.1, 0.15) is 18.3 Å². The molecule has 0 spiro atoms. The Kier molecular flexibility index (Phi) is 5.37. The minimum Gasteiger partial charge on any atom is -0.493 e. The third-order valence-electron chi connectivity index (χ3n) is 4.12. The third-order valence-corrected chi connectivity index (χ3v) is 4.72. The number of rotatable bonds is 6. The van der Waals surface area contributed by atoms with Crippen LogP contribution in [0.2, 0.25) is 0 Å². The van der Waals surface area contributed by atoms with Gasteiger partial charge >= 0.3 is 5.97 Å². The summed E-state index contributed by atoms with van der Waals surface area (Å²) in [7, 11) is -0.862. The van der Waals surface area contributed by atoms with Crippen LogP contribution in [0.1, 0.15) is 10.4 Å². The zero-order valence-corrected chi connectivity index (χ0v) is 15.4. The van der Waals surface area contributed by atoms with Gasteiger partial charge in [-0.25, -0.2) is 4.79 Å². The number of esters is 1. The van der Waals surface area contributed by atoms with E-state index in [1.807, 2.05) is 0 Å². The van der Waals surface area contributed by atoms with E-state index in [-0.39, 0.29) is 13.2 Å². The van der Waals surface area contributed by atoms with Gasteiger partial charge in [-0.1, -0.05) is 0 Å². The molecule has 0 radical (unpaired) electrons. The van der Waals surface area contributed by atoms with Crippen LogP contribution >= 0.6 is 0 Å². The Labute approximate surface area is 151 Å². The van der Waals surface area contributed by atoms with Crippen molar-refractivity contribution in [2.45, 2.75) is 24.4 Å². The number of fused-ring (bicyclic) bond motifs is 1. The first-order valence-corrected chi connectivity index (χ1v) is 9.68. The Morgan fingerprint density at radius 3 is 2.35 bits per heavy atom. The second-order valence-electron chi connectivity index (χ2n) is 5.95. The zero-order valence-electron chi connectivity index (χ0n) is 14.5. The summed E-state index contributed by atoms with van der Waals surface area (Å²) in [5, 5.41) is 0. The van der Waals surface area contributed by atoms with E-state index in [0.717, 1.165) is 6.26 Å². The lowest BCUT2D eigenvalue weighted by atomic mass is 10.1. The van der Waals surface area contributed by atoms with E-state index in [9.17, 15) is 13.2 Å². The molecule has 144 valence electrons. The molecule has 0 aromatic heterocycles. The van der Waals surface area contributed by atoms with E-state index in [1.54, 1.807) is 12.1 Å². The number of ether oxygens (including phenoxy) is 5. The summed E-state index contributed by atoms with van der Waals surface area (Å²) in [5.41, 5.74) is 0.330. The van der Waals surface area contributed by atoms with E-state index in [0.29, 0.717) is 17.1 Å². The highest BCUT2D eigenvalue weighted by Crippen LogP contribution is 2.35. The number of benzene rings is 1. The molecule has 1 aromatic rings. The maximum atomic E-state index is 11.6. The average Bonchev–Trinajstić information content (AvgIpc) is 3.17. The first kappa shape index (κ1) is 18.9. The molecule has 2 aliphatic heterocycles. The van der Waals surface area contributed by atoms with Crippen molar-refractivity contribution < 1.29 is 41.1 Å². The van der Waals surface area contributed by atoms with Gasteiger partial charge in [-0.05, 0) is 18.2 Å². The van der Waals surface area contributed by atoms with E-state index >= 15 is 0 Å². The summed E-state index contributed by atoms with van der Waals surface area (Å²) in [5.74, 6) is 0.280. The van der Waals surface area contributed by atoms with Crippen molar-refractivity contribution in [2.75, 3.05) is 33.7 Å². The molecule has 2 heterocycles. The third kappa shape index (κ3) is 3.93. The Balaban J connectivity index is 1.72. The van der Waals surface area contributed by atoms with E-state index in [1.165, 1.54) is 20.3 Å². The van der Waals surface area contributed by atoms with Crippen molar-refractivity contribution in [2.24, 2.45) is 0 Å². The summed E-state index contributed by atoms with van der Waals surface area (Å²) in [4.78, 5) is 11.6. The summed E-state index contributed by atoms with van der Waals surface area (Å²) < 4.78 is 54.8. The topological polar surface area (TPSA) is 107 Å². The molecule has 4 atom stereocenters. The Hall–Kier alpha value is -1.88. The van der Waals surface area contributed by atoms with Gasteiger partial charge in [-0.15, -0.1) is 0 Å². The maximum Gasteiger partial charge on any atom is 0.337 e. The summed E-state index contributed by atoms with van der Waals surface area (Å²) >= 11 is 0. The van der Waals surface area contributed by atoms with Crippen LogP contribution in [-0.2, 0) is 28.5 Å². The molecule has 0 N–H and O–H groups in total. The smallest absolute Gasteiger partial charge is 0.337 e. The minimum atomic E-state index is -3.61. The SMILES string of the molecule is COC(=O)c1ccc(O[C@H]2CO[C@H]3[C@@H]2OC[C@H]3OS(C)(=O)=O)c(OC)c1. The lowest BCUT2D eigenvalue weighted by Crippen LogP contribution is -2.36. The quantitative estimate of drug-likeness (QED) is 0.505. The van der Waals surface area contributed by atoms with Crippen LogP contribution in [0.25, 0.3) is 0 Å². The molecule has 2 saturated heterocycles. The summed E-state index contributed by atoms with van der Waals surface area (Å²) in [6, 6.07) is 4.67. The van der Waals surface area contributed by atoms with Gasteiger partial charge < -0.3 is 23.7 Å². The van der Waals surface area contributed by atoms with E-state index in [4.69, 9.17) is 23.1 Å². The standard InChI is InChI=1S/C16H20O9S/c1-20-11-6-9(16(17)21-2)4-5-10(11)24-12-7-22-15-13(8-23-14(12)15)25-26(3,18)19/h4-6,12-15H,7-8H2,1-3H3/t12-,13+,14+,15+/m0/s1. The van der Waals surface area contributed by atoms with Gasteiger partial charge in [0.05, 0.1) is 39.3 Å². The lowest BCUT2D eigenvalue weighted by Gasteiger charge is -2.19. The van der Waals surface area contributed by atoms with Crippen LogP contribution in [0.4, 0.5) is 0 Å². The molecule has 10 heteroatoms. The minimum absolute atomic E-state index is 0.0979. The molecule has 0 bridgehead atoms. The van der Waals surface area contributed by atoms with E-state index < -0.39 is 40.5 Å². The van der Waals surface area contributed by atoms with Crippen molar-refractivity contribution in [1.29, 1.82) is 0 Å². The number of carbonyl (C=O) groups excluding carboxylic acids is 1. The lowest BCUT2D eigenvalue weighted by molar-refractivity contribution is 0.0194. The van der Waals surface area contributed by atoms with E-state index in [2.05, 4.69) is 4.74 Å². The normalized spacial score (nSPS) is 27.8. The molecule has 1 aromatic carbocycles. The van der Waals surface area contributed by atoms with Crippen molar-refractivity contribution in [1.82, 2.24) is 0 Å². The van der Waals surface area contributed by atoms with Crippen molar-refractivity contribution >= 4 is 16.1 Å². The zero-order chi connectivity index (χ0) is 18.9. The number of hydrogen-bond donors (Lipinski definition) is 0. The van der Waals surface area contributed by atoms with Crippen molar-refractivity contribution in [3.8, 4) is 11.5 Å². The second kappa shape index (κ2) is 7.39. The molecular formula is C16H20O9S. The predicted molar refractivity (Wildman–Crippen MR) is 87.9 cm³/mol. The molecule has 2 aliphatic rings. The first-order valence-electron chi connectivity index (χ1n) is 7.87. The van der Waals surface area contributed by atoms with Gasteiger partial charge in [0.15, 0.2) is 17.6 Å². The molecule has 26 heavy (non-hydrogen) atoms. The molecule has 0 unspecified atom stereocenters. The number of methoxy groups -OCH3 is 2. The number of carbonyl (C=O) groups is 1. The fourth-order valence-electron chi connectivity index (χ4n) is 3.01. The Morgan fingerprint density at radius 1 is 1.08 bits per heavy atom. The molecule has 0 amide bonds. The monoisotopic (exact) mass is 388 g/mol.